The summed E-state index contributed by atoms with van der Waals surface area (Å²) in [5.41, 5.74) is -0.539. The molecule has 0 atom stereocenters. The summed E-state index contributed by atoms with van der Waals surface area (Å²) < 4.78 is 14.0. The Morgan fingerprint density at radius 1 is 1.26 bits per heavy atom. The first-order valence-electron chi connectivity index (χ1n) is 7.35. The van der Waals surface area contributed by atoms with Gasteiger partial charge in [0.25, 0.3) is 5.69 Å². The highest BCUT2D eigenvalue weighted by atomic mass is 19.1. The molecule has 1 aromatic carbocycles. The van der Waals surface area contributed by atoms with Crippen LogP contribution in [0.4, 0.5) is 15.8 Å². The van der Waals surface area contributed by atoms with Crippen molar-refractivity contribution < 1.29 is 18.9 Å². The summed E-state index contributed by atoms with van der Waals surface area (Å²) in [5.74, 6) is -0.938. The van der Waals surface area contributed by atoms with Crippen LogP contribution < -0.4 is 4.90 Å². The van der Waals surface area contributed by atoms with Crippen LogP contribution in [0.15, 0.2) is 18.2 Å². The highest BCUT2D eigenvalue weighted by Crippen LogP contribution is 2.25. The van der Waals surface area contributed by atoms with E-state index >= 15 is 0 Å². The first-order chi connectivity index (χ1) is 10.7. The van der Waals surface area contributed by atoms with Gasteiger partial charge in [0.05, 0.1) is 35.2 Å². The number of anilines is 1. The van der Waals surface area contributed by atoms with E-state index in [0.29, 0.717) is 31.9 Å². The monoisotopic (exact) mass is 325 g/mol. The van der Waals surface area contributed by atoms with Gasteiger partial charge >= 0.3 is 5.97 Å². The van der Waals surface area contributed by atoms with Crippen LogP contribution in [-0.2, 0) is 9.63 Å². The summed E-state index contributed by atoms with van der Waals surface area (Å²) in [7, 11) is 0. The van der Waals surface area contributed by atoms with Crippen molar-refractivity contribution in [2.24, 2.45) is 5.41 Å². The van der Waals surface area contributed by atoms with Crippen molar-refractivity contribution in [1.82, 2.24) is 5.06 Å². The zero-order valence-corrected chi connectivity index (χ0v) is 13.4. The number of hydrogen-bond donors (Lipinski definition) is 0. The number of hydrogen-bond acceptors (Lipinski definition) is 6. The fraction of sp³-hybridized carbons (Fsp3) is 0.533. The maximum Gasteiger partial charge on any atom is 0.330 e. The van der Waals surface area contributed by atoms with Gasteiger partial charge in [-0.3, -0.25) is 10.1 Å². The fourth-order valence-corrected chi connectivity index (χ4v) is 2.14. The molecule has 1 fully saturated rings. The van der Waals surface area contributed by atoms with Crippen LogP contribution >= 0.6 is 0 Å². The van der Waals surface area contributed by atoms with Gasteiger partial charge in [0.15, 0.2) is 5.82 Å². The second-order valence-electron chi connectivity index (χ2n) is 6.44. The molecule has 8 heteroatoms. The minimum Gasteiger partial charge on any atom is -0.367 e. The molecular weight excluding hydrogens is 305 g/mol. The Balaban J connectivity index is 1.97. The smallest absolute Gasteiger partial charge is 0.330 e. The second kappa shape index (κ2) is 6.49. The topological polar surface area (TPSA) is 75.9 Å². The minimum absolute atomic E-state index is 0.274. The lowest BCUT2D eigenvalue weighted by Gasteiger charge is -2.35. The summed E-state index contributed by atoms with van der Waals surface area (Å²) in [6.45, 7) is 7.14. The number of benzene rings is 1. The van der Waals surface area contributed by atoms with Crippen LogP contribution in [-0.4, -0.2) is 42.1 Å². The van der Waals surface area contributed by atoms with Gasteiger partial charge in [-0.15, -0.1) is 5.06 Å². The second-order valence-corrected chi connectivity index (χ2v) is 6.44. The van der Waals surface area contributed by atoms with Crippen LogP contribution in [0.1, 0.15) is 20.8 Å². The average molecular weight is 325 g/mol. The number of rotatable bonds is 3. The van der Waals surface area contributed by atoms with E-state index in [1.54, 1.807) is 30.7 Å². The summed E-state index contributed by atoms with van der Waals surface area (Å²) in [4.78, 5) is 28.9. The highest BCUT2D eigenvalue weighted by molar-refractivity contribution is 5.75. The number of nitro benzene ring substituents is 1. The zero-order valence-electron chi connectivity index (χ0n) is 13.4. The molecule has 126 valence electrons. The molecule has 1 aliphatic heterocycles. The molecule has 0 bridgehead atoms. The number of piperazine rings is 1. The maximum absolute atomic E-state index is 14.0. The van der Waals surface area contributed by atoms with Gasteiger partial charge in [-0.1, -0.05) is 0 Å². The Morgan fingerprint density at radius 2 is 1.87 bits per heavy atom. The van der Waals surface area contributed by atoms with E-state index in [2.05, 4.69) is 0 Å². The predicted octanol–water partition coefficient (Wildman–Crippen LogP) is 2.36. The molecular formula is C15H20FN3O4. The van der Waals surface area contributed by atoms with Crippen molar-refractivity contribution in [1.29, 1.82) is 0 Å². The van der Waals surface area contributed by atoms with Crippen molar-refractivity contribution in [3.8, 4) is 0 Å². The Labute approximate surface area is 133 Å². The SMILES string of the molecule is CC(C)(C)C(=O)ON1CCN(c2ccc([N+](=O)[O-])cc2F)CC1. The third-order valence-electron chi connectivity index (χ3n) is 3.55. The molecule has 2 rings (SSSR count). The molecule has 0 N–H and O–H groups in total. The molecule has 23 heavy (non-hydrogen) atoms. The molecule has 1 heterocycles. The van der Waals surface area contributed by atoms with Crippen LogP contribution in [0.5, 0.6) is 0 Å². The molecule has 0 amide bonds. The highest BCUT2D eigenvalue weighted by Gasteiger charge is 2.28. The van der Waals surface area contributed by atoms with Crippen molar-refractivity contribution in [2.75, 3.05) is 31.1 Å². The van der Waals surface area contributed by atoms with E-state index < -0.39 is 16.2 Å². The van der Waals surface area contributed by atoms with Crippen molar-refractivity contribution in [3.05, 3.63) is 34.1 Å². The molecule has 0 aromatic heterocycles. The number of hydroxylamine groups is 2. The van der Waals surface area contributed by atoms with Crippen molar-refractivity contribution >= 4 is 17.3 Å². The first kappa shape index (κ1) is 17.1. The fourth-order valence-electron chi connectivity index (χ4n) is 2.14. The number of carbonyl (C=O) groups excluding carboxylic acids is 1. The summed E-state index contributed by atoms with van der Waals surface area (Å²) in [6, 6.07) is 3.61. The average Bonchev–Trinajstić information content (AvgIpc) is 2.47. The Hall–Kier alpha value is -2.22. The molecule has 0 unspecified atom stereocenters. The lowest BCUT2D eigenvalue weighted by Crippen LogP contribution is -2.48. The molecule has 0 radical (unpaired) electrons. The van der Waals surface area contributed by atoms with Gasteiger partial charge in [-0.05, 0) is 26.8 Å². The van der Waals surface area contributed by atoms with Gasteiger partial charge in [0.1, 0.15) is 0 Å². The summed E-state index contributed by atoms with van der Waals surface area (Å²) in [6.07, 6.45) is 0. The van der Waals surface area contributed by atoms with Crippen LogP contribution in [0.25, 0.3) is 0 Å². The molecule has 7 nitrogen and oxygen atoms in total. The largest absolute Gasteiger partial charge is 0.367 e. The number of nitro groups is 1. The van der Waals surface area contributed by atoms with Crippen LogP contribution in [0, 0.1) is 21.3 Å². The molecule has 0 spiro atoms. The van der Waals surface area contributed by atoms with Gasteiger partial charge in [0, 0.05) is 19.2 Å². The van der Waals surface area contributed by atoms with Crippen LogP contribution in [0.2, 0.25) is 0 Å². The van der Waals surface area contributed by atoms with E-state index in [1.165, 1.54) is 12.1 Å². The number of non-ortho nitro benzene ring substituents is 1. The van der Waals surface area contributed by atoms with Crippen LogP contribution in [0.3, 0.4) is 0 Å². The lowest BCUT2D eigenvalue weighted by atomic mass is 9.98. The van der Waals surface area contributed by atoms with Gasteiger partial charge in [0.2, 0.25) is 0 Å². The van der Waals surface area contributed by atoms with E-state index in [9.17, 15) is 19.3 Å². The molecule has 1 aliphatic rings. The minimum atomic E-state index is -0.628. The Morgan fingerprint density at radius 3 is 2.35 bits per heavy atom. The molecule has 0 aliphatic carbocycles. The Kier molecular flexibility index (Phi) is 4.84. The Bertz CT molecular complexity index is 607. The molecule has 1 saturated heterocycles. The maximum atomic E-state index is 14.0. The van der Waals surface area contributed by atoms with E-state index in [-0.39, 0.29) is 11.7 Å². The van der Waals surface area contributed by atoms with Gasteiger partial charge in [-0.25, -0.2) is 9.18 Å². The number of halogens is 1. The van der Waals surface area contributed by atoms with Gasteiger partial charge < -0.3 is 9.74 Å². The standard InChI is InChI=1S/C15H20FN3O4/c1-15(2,3)14(20)23-18-8-6-17(7-9-18)13-5-4-11(19(21)22)10-12(13)16/h4-5,10H,6-9H2,1-3H3. The lowest BCUT2D eigenvalue weighted by molar-refractivity contribution is -0.385. The van der Waals surface area contributed by atoms with E-state index in [0.717, 1.165) is 6.07 Å². The summed E-state index contributed by atoms with van der Waals surface area (Å²) >= 11 is 0. The summed E-state index contributed by atoms with van der Waals surface area (Å²) in [5, 5.41) is 12.2. The normalized spacial score (nSPS) is 16.3. The number of nitrogens with zero attached hydrogens (tertiary/aromatic N) is 3. The van der Waals surface area contributed by atoms with Crippen molar-refractivity contribution in [2.45, 2.75) is 20.8 Å². The quantitative estimate of drug-likeness (QED) is 0.627. The van der Waals surface area contributed by atoms with Crippen molar-refractivity contribution in [3.63, 3.8) is 0 Å². The third kappa shape index (κ3) is 4.16. The predicted molar refractivity (Wildman–Crippen MR) is 82.4 cm³/mol. The van der Waals surface area contributed by atoms with E-state index in [1.807, 2.05) is 0 Å². The third-order valence-corrected chi connectivity index (χ3v) is 3.55. The van der Waals surface area contributed by atoms with E-state index in [4.69, 9.17) is 4.84 Å². The number of carbonyl (C=O) groups is 1. The molecule has 1 aromatic rings. The van der Waals surface area contributed by atoms with Gasteiger partial charge in [-0.2, -0.15) is 0 Å². The first-order valence-corrected chi connectivity index (χ1v) is 7.35. The molecule has 0 saturated carbocycles. The zero-order chi connectivity index (χ0) is 17.2.